The van der Waals surface area contributed by atoms with Crippen LogP contribution >= 0.6 is 15.9 Å². The van der Waals surface area contributed by atoms with Gasteiger partial charge in [-0.05, 0) is 15.9 Å². The second-order valence-electron chi connectivity index (χ2n) is 3.04. The van der Waals surface area contributed by atoms with Gasteiger partial charge in [0.1, 0.15) is 0 Å². The summed E-state index contributed by atoms with van der Waals surface area (Å²) >= 11 is 2.97. The molecule has 8 nitrogen and oxygen atoms in total. The Bertz CT molecular complexity index is 491. The van der Waals surface area contributed by atoms with E-state index in [2.05, 4.69) is 26.2 Å². The van der Waals surface area contributed by atoms with Gasteiger partial charge in [0, 0.05) is 14.1 Å². The quantitative estimate of drug-likeness (QED) is 0.741. The van der Waals surface area contributed by atoms with Crippen molar-refractivity contribution in [2.75, 3.05) is 13.6 Å². The largest absolute Gasteiger partial charge is 0.369 e. The van der Waals surface area contributed by atoms with Crippen LogP contribution in [0, 0.1) is 0 Å². The maximum Gasteiger partial charge on any atom is 0.263 e. The Morgan fingerprint density at radius 2 is 2.19 bits per heavy atom. The van der Waals surface area contributed by atoms with Gasteiger partial charge in [-0.2, -0.15) is 4.31 Å². The molecule has 16 heavy (non-hydrogen) atoms. The van der Waals surface area contributed by atoms with Gasteiger partial charge in [-0.25, -0.2) is 13.1 Å². The molecule has 1 rings (SSSR count). The summed E-state index contributed by atoms with van der Waals surface area (Å²) in [7, 11) is -1.15. The van der Waals surface area contributed by atoms with Crippen LogP contribution in [0.5, 0.6) is 0 Å². The molecule has 0 fully saturated rings. The molecule has 10 heteroatoms. The fourth-order valence-electron chi connectivity index (χ4n) is 1.05. The molecule has 0 aromatic carbocycles. The third-order valence-corrected chi connectivity index (χ3v) is 4.46. The molecule has 1 amide bonds. The summed E-state index contributed by atoms with van der Waals surface area (Å²) in [5.74, 6) is -0.739. The van der Waals surface area contributed by atoms with Gasteiger partial charge in [-0.3, -0.25) is 4.79 Å². The molecule has 0 saturated heterocycles. The highest BCUT2D eigenvalue weighted by molar-refractivity contribution is 9.10. The number of sulfonamides is 1. The minimum absolute atomic E-state index is 0.0892. The Hall–Kier alpha value is -1.00. The fourth-order valence-corrected chi connectivity index (χ4v) is 3.21. The molecule has 0 saturated carbocycles. The Morgan fingerprint density at radius 1 is 1.62 bits per heavy atom. The molecule has 2 N–H and O–H groups in total. The zero-order chi connectivity index (χ0) is 12.5. The van der Waals surface area contributed by atoms with Crippen LogP contribution in [-0.4, -0.2) is 47.2 Å². The number of rotatable bonds is 4. The van der Waals surface area contributed by atoms with Crippen LogP contribution in [0.25, 0.3) is 0 Å². The number of hydrogen-bond donors (Lipinski definition) is 1. The molecule has 1 aromatic rings. The Balaban J connectivity index is 3.17. The van der Waals surface area contributed by atoms with Crippen molar-refractivity contribution in [3.05, 3.63) is 4.60 Å². The maximum absolute atomic E-state index is 12.0. The van der Waals surface area contributed by atoms with E-state index in [9.17, 15) is 13.2 Å². The predicted octanol–water partition coefficient (Wildman–Crippen LogP) is -1.32. The standard InChI is InChI=1S/C6H10BrN5O3S/c1-11(3-4(8)13)16(14,15)6-5(7)9-10-12(6)2/h3H2,1-2H3,(H2,8,13). The zero-order valence-corrected chi connectivity index (χ0v) is 11.0. The van der Waals surface area contributed by atoms with Crippen LogP contribution in [0.3, 0.4) is 0 Å². The summed E-state index contributed by atoms with van der Waals surface area (Å²) in [4.78, 5) is 10.7. The molecule has 0 spiro atoms. The third kappa shape index (κ3) is 2.39. The second kappa shape index (κ2) is 4.47. The van der Waals surface area contributed by atoms with Gasteiger partial charge in [-0.15, -0.1) is 5.10 Å². The lowest BCUT2D eigenvalue weighted by atomic mass is 10.6. The van der Waals surface area contributed by atoms with Crippen molar-refractivity contribution in [3.8, 4) is 0 Å². The van der Waals surface area contributed by atoms with E-state index in [-0.39, 0.29) is 9.63 Å². The van der Waals surface area contributed by atoms with Crippen molar-refractivity contribution < 1.29 is 13.2 Å². The first-order valence-corrected chi connectivity index (χ1v) is 6.30. The third-order valence-electron chi connectivity index (χ3n) is 1.77. The molecule has 0 radical (unpaired) electrons. The van der Waals surface area contributed by atoms with Crippen molar-refractivity contribution in [2.45, 2.75) is 5.03 Å². The normalized spacial score (nSPS) is 12.0. The molecule has 90 valence electrons. The molecular formula is C6H10BrN5O3S. The number of carbonyl (C=O) groups is 1. The highest BCUT2D eigenvalue weighted by atomic mass is 79.9. The van der Waals surface area contributed by atoms with E-state index in [1.165, 1.54) is 14.1 Å². The Kier molecular flexibility index (Phi) is 3.65. The summed E-state index contributed by atoms with van der Waals surface area (Å²) in [6, 6.07) is 0. The van der Waals surface area contributed by atoms with Crippen molar-refractivity contribution in [3.63, 3.8) is 0 Å². The first kappa shape index (κ1) is 13.1. The van der Waals surface area contributed by atoms with Crippen LogP contribution in [-0.2, 0) is 21.9 Å². The van der Waals surface area contributed by atoms with E-state index in [4.69, 9.17) is 5.73 Å². The molecule has 0 unspecified atom stereocenters. The van der Waals surface area contributed by atoms with Crippen molar-refractivity contribution in [1.29, 1.82) is 0 Å². The van der Waals surface area contributed by atoms with Crippen LogP contribution in [0.15, 0.2) is 9.63 Å². The fraction of sp³-hybridized carbons (Fsp3) is 0.500. The number of amides is 1. The number of aryl methyl sites for hydroxylation is 1. The second-order valence-corrected chi connectivity index (χ2v) is 5.75. The summed E-state index contributed by atoms with van der Waals surface area (Å²) < 4.78 is 25.9. The number of primary amides is 1. The molecule has 1 heterocycles. The van der Waals surface area contributed by atoms with E-state index in [0.717, 1.165) is 8.99 Å². The highest BCUT2D eigenvalue weighted by Crippen LogP contribution is 2.20. The number of nitrogens with zero attached hydrogens (tertiary/aromatic N) is 4. The average molecular weight is 312 g/mol. The topological polar surface area (TPSA) is 111 Å². The van der Waals surface area contributed by atoms with Gasteiger partial charge in [0.25, 0.3) is 10.0 Å². The maximum atomic E-state index is 12.0. The number of carbonyl (C=O) groups excluding carboxylic acids is 1. The summed E-state index contributed by atoms with van der Waals surface area (Å²) in [6.07, 6.45) is 0. The highest BCUT2D eigenvalue weighted by Gasteiger charge is 2.29. The van der Waals surface area contributed by atoms with E-state index in [0.29, 0.717) is 0 Å². The minimum Gasteiger partial charge on any atom is -0.369 e. The van der Waals surface area contributed by atoms with E-state index >= 15 is 0 Å². The lowest BCUT2D eigenvalue weighted by Gasteiger charge is -2.14. The van der Waals surface area contributed by atoms with Crippen LogP contribution < -0.4 is 5.73 Å². The Labute approximate surface area is 101 Å². The smallest absolute Gasteiger partial charge is 0.263 e. The summed E-state index contributed by atoms with van der Waals surface area (Å²) in [5.41, 5.74) is 4.92. The SMILES string of the molecule is CN(CC(N)=O)S(=O)(=O)c1c(Br)nnn1C. The van der Waals surface area contributed by atoms with Gasteiger partial charge >= 0.3 is 0 Å². The zero-order valence-electron chi connectivity index (χ0n) is 8.58. The number of hydrogen-bond acceptors (Lipinski definition) is 5. The first-order valence-electron chi connectivity index (χ1n) is 4.06. The monoisotopic (exact) mass is 311 g/mol. The van der Waals surface area contributed by atoms with Crippen LogP contribution in [0.1, 0.15) is 0 Å². The van der Waals surface area contributed by atoms with Crippen LogP contribution in [0.4, 0.5) is 0 Å². The van der Waals surface area contributed by atoms with Crippen LogP contribution in [0.2, 0.25) is 0 Å². The average Bonchev–Trinajstić information content (AvgIpc) is 2.45. The van der Waals surface area contributed by atoms with Crippen molar-refractivity contribution >= 4 is 31.9 Å². The number of likely N-dealkylation sites (N-methyl/N-ethyl adjacent to an activating group) is 1. The summed E-state index contributed by atoms with van der Waals surface area (Å²) in [5, 5.41) is 6.96. The van der Waals surface area contributed by atoms with Gasteiger partial charge < -0.3 is 5.73 Å². The molecular weight excluding hydrogens is 302 g/mol. The number of aromatic nitrogens is 3. The predicted molar refractivity (Wildman–Crippen MR) is 57.7 cm³/mol. The number of halogens is 1. The molecule has 0 aliphatic rings. The molecule has 1 aromatic heterocycles. The molecule has 0 aliphatic heterocycles. The molecule has 0 atom stereocenters. The molecule has 0 bridgehead atoms. The van der Waals surface area contributed by atoms with Crippen molar-refractivity contribution in [1.82, 2.24) is 19.3 Å². The van der Waals surface area contributed by atoms with E-state index in [1.54, 1.807) is 0 Å². The van der Waals surface area contributed by atoms with E-state index in [1.807, 2.05) is 0 Å². The Morgan fingerprint density at radius 3 is 2.56 bits per heavy atom. The van der Waals surface area contributed by atoms with Gasteiger partial charge in [-0.1, -0.05) is 5.21 Å². The lowest BCUT2D eigenvalue weighted by molar-refractivity contribution is -0.118. The molecule has 0 aliphatic carbocycles. The first-order chi connectivity index (χ1) is 7.26. The minimum atomic E-state index is -3.83. The van der Waals surface area contributed by atoms with Gasteiger partial charge in [0.2, 0.25) is 10.9 Å². The lowest BCUT2D eigenvalue weighted by Crippen LogP contribution is -2.36. The van der Waals surface area contributed by atoms with E-state index < -0.39 is 22.5 Å². The number of nitrogens with two attached hydrogens (primary N) is 1. The van der Waals surface area contributed by atoms with Crippen molar-refractivity contribution in [2.24, 2.45) is 12.8 Å². The van der Waals surface area contributed by atoms with Gasteiger partial charge in [0.05, 0.1) is 6.54 Å². The van der Waals surface area contributed by atoms with Gasteiger partial charge in [0.15, 0.2) is 4.60 Å². The summed E-state index contributed by atoms with van der Waals surface area (Å²) in [6.45, 7) is -0.403.